The number of aryl methyl sites for hydroxylation is 3. The minimum absolute atomic E-state index is 0.305. The normalized spacial score (nSPS) is 10.9. The molecule has 0 aromatic carbocycles. The van der Waals surface area contributed by atoms with Gasteiger partial charge in [-0.1, -0.05) is 0 Å². The molecule has 0 aliphatic rings. The van der Waals surface area contributed by atoms with E-state index in [-0.39, 0.29) is 0 Å². The second kappa shape index (κ2) is 5.20. The van der Waals surface area contributed by atoms with Crippen molar-refractivity contribution in [2.45, 2.75) is 26.9 Å². The molecule has 0 fully saturated rings. The average Bonchev–Trinajstić information content (AvgIpc) is 2.82. The van der Waals surface area contributed by atoms with E-state index in [1.807, 2.05) is 27.1 Å². The topological polar surface area (TPSA) is 47.7 Å². The van der Waals surface area contributed by atoms with Gasteiger partial charge in [-0.15, -0.1) is 0 Å². The van der Waals surface area contributed by atoms with Crippen LogP contribution in [0.3, 0.4) is 0 Å². The lowest BCUT2D eigenvalue weighted by atomic mass is 10.2. The van der Waals surface area contributed by atoms with Gasteiger partial charge in [-0.25, -0.2) is 4.39 Å². The number of hydrogen-bond acceptors (Lipinski definition) is 3. The Morgan fingerprint density at radius 1 is 1.39 bits per heavy atom. The molecule has 98 valence electrons. The van der Waals surface area contributed by atoms with Crippen LogP contribution in [0.25, 0.3) is 0 Å². The summed E-state index contributed by atoms with van der Waals surface area (Å²) in [7, 11) is 1.90. The van der Waals surface area contributed by atoms with Gasteiger partial charge in [0.15, 0.2) is 0 Å². The van der Waals surface area contributed by atoms with Crippen LogP contribution in [0.4, 0.5) is 10.1 Å². The van der Waals surface area contributed by atoms with Gasteiger partial charge in [0.25, 0.3) is 0 Å². The lowest BCUT2D eigenvalue weighted by Crippen LogP contribution is -2.05. The maximum absolute atomic E-state index is 12.3. The molecule has 2 aromatic rings. The van der Waals surface area contributed by atoms with Gasteiger partial charge in [0, 0.05) is 25.4 Å². The quantitative estimate of drug-likeness (QED) is 0.881. The second-order valence-corrected chi connectivity index (χ2v) is 4.32. The molecule has 6 heteroatoms. The Morgan fingerprint density at radius 2 is 2.17 bits per heavy atom. The van der Waals surface area contributed by atoms with Crippen LogP contribution in [0, 0.1) is 13.8 Å². The van der Waals surface area contributed by atoms with E-state index in [9.17, 15) is 4.39 Å². The SMILES string of the molecule is Cc1nn(C)cc1CNc1cnn(CCF)c1C. The molecule has 0 saturated carbocycles. The van der Waals surface area contributed by atoms with Crippen LogP contribution in [-0.2, 0) is 20.1 Å². The molecule has 0 aliphatic heterocycles. The van der Waals surface area contributed by atoms with Gasteiger partial charge >= 0.3 is 0 Å². The van der Waals surface area contributed by atoms with E-state index in [1.54, 1.807) is 15.6 Å². The molecule has 0 bridgehead atoms. The molecule has 0 unspecified atom stereocenters. The van der Waals surface area contributed by atoms with Gasteiger partial charge in [-0.05, 0) is 13.8 Å². The van der Waals surface area contributed by atoms with Crippen molar-refractivity contribution in [2.75, 3.05) is 12.0 Å². The highest BCUT2D eigenvalue weighted by Gasteiger charge is 2.07. The summed E-state index contributed by atoms with van der Waals surface area (Å²) in [6.07, 6.45) is 3.72. The van der Waals surface area contributed by atoms with Gasteiger partial charge in [-0.3, -0.25) is 9.36 Å². The molecule has 18 heavy (non-hydrogen) atoms. The Bertz CT molecular complexity index is 529. The van der Waals surface area contributed by atoms with E-state index in [2.05, 4.69) is 15.5 Å². The Kier molecular flexibility index (Phi) is 3.64. The summed E-state index contributed by atoms with van der Waals surface area (Å²) in [5.74, 6) is 0. The molecule has 0 amide bonds. The monoisotopic (exact) mass is 251 g/mol. The van der Waals surface area contributed by atoms with Crippen LogP contribution >= 0.6 is 0 Å². The summed E-state index contributed by atoms with van der Waals surface area (Å²) in [5, 5.41) is 11.7. The first-order valence-corrected chi connectivity index (χ1v) is 5.93. The minimum atomic E-state index is -0.399. The van der Waals surface area contributed by atoms with E-state index < -0.39 is 6.67 Å². The van der Waals surface area contributed by atoms with Crippen LogP contribution in [0.15, 0.2) is 12.4 Å². The predicted molar refractivity (Wildman–Crippen MR) is 68.2 cm³/mol. The fourth-order valence-corrected chi connectivity index (χ4v) is 1.94. The van der Waals surface area contributed by atoms with Crippen LogP contribution < -0.4 is 5.32 Å². The van der Waals surface area contributed by atoms with Crippen molar-refractivity contribution in [3.63, 3.8) is 0 Å². The molecule has 0 atom stereocenters. The van der Waals surface area contributed by atoms with Gasteiger partial charge in [0.05, 0.1) is 29.8 Å². The van der Waals surface area contributed by atoms with Crippen molar-refractivity contribution in [1.29, 1.82) is 0 Å². The third-order valence-corrected chi connectivity index (χ3v) is 2.98. The molecule has 0 radical (unpaired) electrons. The summed E-state index contributed by atoms with van der Waals surface area (Å²) in [6.45, 7) is 4.52. The minimum Gasteiger partial charge on any atom is -0.378 e. The van der Waals surface area contributed by atoms with Crippen molar-refractivity contribution in [3.05, 3.63) is 29.3 Å². The third kappa shape index (κ3) is 2.52. The number of alkyl halides is 1. The van der Waals surface area contributed by atoms with Crippen molar-refractivity contribution >= 4 is 5.69 Å². The van der Waals surface area contributed by atoms with E-state index in [4.69, 9.17) is 0 Å². The average molecular weight is 251 g/mol. The first-order chi connectivity index (χ1) is 8.61. The van der Waals surface area contributed by atoms with Gasteiger partial charge in [-0.2, -0.15) is 10.2 Å². The zero-order chi connectivity index (χ0) is 13.1. The molecular formula is C12H18FN5. The highest BCUT2D eigenvalue weighted by molar-refractivity contribution is 5.46. The van der Waals surface area contributed by atoms with Crippen LogP contribution in [-0.4, -0.2) is 26.2 Å². The van der Waals surface area contributed by atoms with Crippen molar-refractivity contribution < 1.29 is 4.39 Å². The second-order valence-electron chi connectivity index (χ2n) is 4.32. The molecule has 2 heterocycles. The van der Waals surface area contributed by atoms with Crippen molar-refractivity contribution in [1.82, 2.24) is 19.6 Å². The predicted octanol–water partition coefficient (Wildman–Crippen LogP) is 1.82. The number of anilines is 1. The molecule has 0 aliphatic carbocycles. The van der Waals surface area contributed by atoms with E-state index in [0.29, 0.717) is 13.1 Å². The van der Waals surface area contributed by atoms with E-state index in [0.717, 1.165) is 22.6 Å². The zero-order valence-electron chi connectivity index (χ0n) is 10.9. The highest BCUT2D eigenvalue weighted by atomic mass is 19.1. The molecular weight excluding hydrogens is 233 g/mol. The smallest absolute Gasteiger partial charge is 0.109 e. The van der Waals surface area contributed by atoms with Crippen molar-refractivity contribution in [3.8, 4) is 0 Å². The standard InChI is InChI=1S/C12H18FN5/c1-9-11(8-17(3)16-9)6-14-12-7-15-18(5-4-13)10(12)2/h7-8,14H,4-6H2,1-3H3. The lowest BCUT2D eigenvalue weighted by molar-refractivity contribution is 0.423. The Morgan fingerprint density at radius 3 is 2.78 bits per heavy atom. The highest BCUT2D eigenvalue weighted by Crippen LogP contribution is 2.15. The summed E-state index contributed by atoms with van der Waals surface area (Å²) < 4.78 is 15.7. The number of halogens is 1. The first-order valence-electron chi connectivity index (χ1n) is 5.93. The number of rotatable bonds is 5. The lowest BCUT2D eigenvalue weighted by Gasteiger charge is -2.05. The zero-order valence-corrected chi connectivity index (χ0v) is 10.9. The molecule has 0 saturated heterocycles. The summed E-state index contributed by atoms with van der Waals surface area (Å²) in [4.78, 5) is 0. The molecule has 2 rings (SSSR count). The first kappa shape index (κ1) is 12.6. The number of nitrogens with zero attached hydrogens (tertiary/aromatic N) is 4. The van der Waals surface area contributed by atoms with Gasteiger partial charge < -0.3 is 5.32 Å². The van der Waals surface area contributed by atoms with Gasteiger partial charge in [0.2, 0.25) is 0 Å². The Labute approximate surface area is 106 Å². The summed E-state index contributed by atoms with van der Waals surface area (Å²) in [6, 6.07) is 0. The maximum atomic E-state index is 12.3. The van der Waals surface area contributed by atoms with Crippen molar-refractivity contribution in [2.24, 2.45) is 7.05 Å². The third-order valence-electron chi connectivity index (χ3n) is 2.98. The Balaban J connectivity index is 2.04. The van der Waals surface area contributed by atoms with Crippen LogP contribution in [0.5, 0.6) is 0 Å². The number of hydrogen-bond donors (Lipinski definition) is 1. The number of nitrogens with one attached hydrogen (secondary N) is 1. The molecule has 2 aromatic heterocycles. The molecule has 5 nitrogen and oxygen atoms in total. The van der Waals surface area contributed by atoms with Gasteiger partial charge in [0.1, 0.15) is 6.67 Å². The largest absolute Gasteiger partial charge is 0.378 e. The fraction of sp³-hybridized carbons (Fsp3) is 0.500. The molecule has 1 N–H and O–H groups in total. The number of aromatic nitrogens is 4. The summed E-state index contributed by atoms with van der Waals surface area (Å²) in [5.41, 5.74) is 4.05. The maximum Gasteiger partial charge on any atom is 0.109 e. The fourth-order valence-electron chi connectivity index (χ4n) is 1.94. The summed E-state index contributed by atoms with van der Waals surface area (Å²) >= 11 is 0. The molecule has 0 spiro atoms. The Hall–Kier alpha value is -1.85. The van der Waals surface area contributed by atoms with E-state index in [1.165, 1.54) is 0 Å². The van der Waals surface area contributed by atoms with Crippen LogP contribution in [0.1, 0.15) is 17.0 Å². The van der Waals surface area contributed by atoms with E-state index >= 15 is 0 Å². The van der Waals surface area contributed by atoms with Crippen LogP contribution in [0.2, 0.25) is 0 Å².